The molecule has 1 fully saturated rings. The van der Waals surface area contributed by atoms with E-state index >= 15 is 0 Å². The summed E-state index contributed by atoms with van der Waals surface area (Å²) in [4.78, 5) is 9.51. The number of benzene rings is 2. The normalized spacial score (nSPS) is 23.7. The van der Waals surface area contributed by atoms with Crippen LogP contribution < -0.4 is 0 Å². The molecule has 1 saturated carbocycles. The van der Waals surface area contributed by atoms with Crippen molar-refractivity contribution >= 4 is 0 Å². The van der Waals surface area contributed by atoms with E-state index in [0.29, 0.717) is 23.7 Å². The van der Waals surface area contributed by atoms with Crippen molar-refractivity contribution in [3.05, 3.63) is 132 Å². The Morgan fingerprint density at radius 1 is 0.393 bits per heavy atom. The zero-order valence-electron chi connectivity index (χ0n) is 15.6. The molecule has 0 bridgehead atoms. The zero-order chi connectivity index (χ0) is 18.8. The van der Waals surface area contributed by atoms with Crippen LogP contribution in [0.15, 0.2) is 109 Å². The minimum Gasteiger partial charge on any atom is -0.261 e. The first-order valence-corrected chi connectivity index (χ1v) is 9.85. The van der Waals surface area contributed by atoms with Gasteiger partial charge in [-0.1, -0.05) is 72.8 Å². The van der Waals surface area contributed by atoms with Crippen LogP contribution in [0.1, 0.15) is 46.2 Å². The lowest BCUT2D eigenvalue weighted by molar-refractivity contribution is 0.220. The maximum absolute atomic E-state index is 4.75. The molecule has 0 saturated heterocycles. The highest BCUT2D eigenvalue weighted by atomic mass is 14.8. The van der Waals surface area contributed by atoms with Crippen LogP contribution >= 0.6 is 0 Å². The third-order valence-corrected chi connectivity index (χ3v) is 5.98. The minimum atomic E-state index is 0.309. The molecule has 4 unspecified atom stereocenters. The lowest BCUT2D eigenvalue weighted by Gasteiger charge is -2.52. The molecule has 4 atom stereocenters. The van der Waals surface area contributed by atoms with Gasteiger partial charge in [0.2, 0.25) is 0 Å². The van der Waals surface area contributed by atoms with E-state index in [4.69, 9.17) is 9.97 Å². The molecule has 0 aliphatic heterocycles. The molecular weight excluding hydrogens is 340 g/mol. The number of nitrogens with zero attached hydrogens (tertiary/aromatic N) is 2. The van der Waals surface area contributed by atoms with E-state index in [2.05, 4.69) is 84.9 Å². The molecule has 0 radical (unpaired) electrons. The molecule has 1 aliphatic rings. The summed E-state index contributed by atoms with van der Waals surface area (Å²) in [5, 5.41) is 0. The predicted molar refractivity (Wildman–Crippen MR) is 112 cm³/mol. The number of hydrogen-bond acceptors (Lipinski definition) is 2. The van der Waals surface area contributed by atoms with E-state index in [1.165, 1.54) is 11.1 Å². The molecule has 2 aromatic heterocycles. The Kier molecular flexibility index (Phi) is 4.46. The molecule has 28 heavy (non-hydrogen) atoms. The largest absolute Gasteiger partial charge is 0.261 e. The third kappa shape index (κ3) is 2.91. The van der Waals surface area contributed by atoms with Crippen molar-refractivity contribution < 1.29 is 0 Å². The summed E-state index contributed by atoms with van der Waals surface area (Å²) in [5.41, 5.74) is 5.05. The Morgan fingerprint density at radius 2 is 0.786 bits per heavy atom. The minimum absolute atomic E-state index is 0.309. The quantitative estimate of drug-likeness (QED) is 0.450. The SMILES string of the molecule is c1ccc(C2C(c3ccccc3)C(c3ccccn3)C2c2ccccn2)cc1. The van der Waals surface area contributed by atoms with Gasteiger partial charge in [-0.05, 0) is 35.4 Å². The standard InChI is InChI=1S/C26H22N2/c1-3-11-19(12-4-1)23-24(20-13-5-2-6-14-20)26(22-16-8-10-18-28-22)25(23)21-15-7-9-17-27-21/h1-18,23-26H. The van der Waals surface area contributed by atoms with Crippen molar-refractivity contribution in [3.63, 3.8) is 0 Å². The second kappa shape index (κ2) is 7.40. The van der Waals surface area contributed by atoms with Gasteiger partial charge in [-0.3, -0.25) is 9.97 Å². The van der Waals surface area contributed by atoms with E-state index in [1.54, 1.807) is 0 Å². The third-order valence-electron chi connectivity index (χ3n) is 5.98. The summed E-state index contributed by atoms with van der Waals surface area (Å²) < 4.78 is 0. The molecule has 2 heterocycles. The van der Waals surface area contributed by atoms with E-state index in [9.17, 15) is 0 Å². The topological polar surface area (TPSA) is 25.8 Å². The number of pyridine rings is 2. The predicted octanol–water partition coefficient (Wildman–Crippen LogP) is 5.93. The fraction of sp³-hybridized carbons (Fsp3) is 0.154. The molecule has 4 aromatic rings. The van der Waals surface area contributed by atoms with Gasteiger partial charge in [-0.2, -0.15) is 0 Å². The van der Waals surface area contributed by atoms with Crippen LogP contribution in [0.4, 0.5) is 0 Å². The lowest BCUT2D eigenvalue weighted by atomic mass is 9.50. The molecule has 1 aliphatic carbocycles. The van der Waals surface area contributed by atoms with Gasteiger partial charge in [0.25, 0.3) is 0 Å². The van der Waals surface area contributed by atoms with Crippen LogP contribution in [0.2, 0.25) is 0 Å². The maximum atomic E-state index is 4.75. The van der Waals surface area contributed by atoms with Gasteiger partial charge in [-0.15, -0.1) is 0 Å². The molecule has 0 N–H and O–H groups in total. The van der Waals surface area contributed by atoms with E-state index in [1.807, 2.05) is 24.5 Å². The molecule has 5 rings (SSSR count). The average Bonchev–Trinajstić information content (AvgIpc) is 2.76. The lowest BCUT2D eigenvalue weighted by Crippen LogP contribution is -2.40. The summed E-state index contributed by atoms with van der Waals surface area (Å²) in [6, 6.07) is 34.3. The first-order valence-electron chi connectivity index (χ1n) is 9.85. The second-order valence-corrected chi connectivity index (χ2v) is 7.43. The zero-order valence-corrected chi connectivity index (χ0v) is 15.6. The van der Waals surface area contributed by atoms with Gasteiger partial charge in [0, 0.05) is 47.5 Å². The molecule has 0 amide bonds. The second-order valence-electron chi connectivity index (χ2n) is 7.43. The number of aromatic nitrogens is 2. The van der Waals surface area contributed by atoms with Crippen molar-refractivity contribution in [1.82, 2.24) is 9.97 Å². The average molecular weight is 362 g/mol. The van der Waals surface area contributed by atoms with Crippen molar-refractivity contribution in [2.75, 3.05) is 0 Å². The van der Waals surface area contributed by atoms with Crippen LogP contribution in [0, 0.1) is 0 Å². The summed E-state index contributed by atoms with van der Waals surface area (Å²) in [5.74, 6) is 1.38. The van der Waals surface area contributed by atoms with Crippen LogP contribution in [-0.2, 0) is 0 Å². The summed E-state index contributed by atoms with van der Waals surface area (Å²) in [7, 11) is 0. The number of rotatable bonds is 4. The highest BCUT2D eigenvalue weighted by Crippen LogP contribution is 2.65. The first kappa shape index (κ1) is 16.9. The Bertz CT molecular complexity index is 835. The molecular formula is C26H22N2. The Balaban J connectivity index is 1.67. The van der Waals surface area contributed by atoms with Crippen molar-refractivity contribution in [2.45, 2.75) is 23.7 Å². The first-order chi connectivity index (χ1) is 13.9. The monoisotopic (exact) mass is 362 g/mol. The van der Waals surface area contributed by atoms with Crippen molar-refractivity contribution in [1.29, 1.82) is 0 Å². The highest BCUT2D eigenvalue weighted by Gasteiger charge is 2.53. The van der Waals surface area contributed by atoms with E-state index in [0.717, 1.165) is 11.4 Å². The van der Waals surface area contributed by atoms with Gasteiger partial charge >= 0.3 is 0 Å². The van der Waals surface area contributed by atoms with E-state index < -0.39 is 0 Å². The molecule has 2 aromatic carbocycles. The molecule has 0 spiro atoms. The van der Waals surface area contributed by atoms with Crippen molar-refractivity contribution in [2.24, 2.45) is 0 Å². The summed E-state index contributed by atoms with van der Waals surface area (Å²) >= 11 is 0. The Morgan fingerprint density at radius 3 is 1.14 bits per heavy atom. The van der Waals surface area contributed by atoms with Gasteiger partial charge in [0.05, 0.1) is 0 Å². The maximum Gasteiger partial charge on any atom is 0.0447 e. The molecule has 2 nitrogen and oxygen atoms in total. The Labute approximate surface area is 165 Å². The van der Waals surface area contributed by atoms with E-state index in [-0.39, 0.29) is 0 Å². The van der Waals surface area contributed by atoms with Gasteiger partial charge < -0.3 is 0 Å². The van der Waals surface area contributed by atoms with Gasteiger partial charge in [0.1, 0.15) is 0 Å². The summed E-state index contributed by atoms with van der Waals surface area (Å²) in [6.07, 6.45) is 3.81. The van der Waals surface area contributed by atoms with Crippen LogP contribution in [0.25, 0.3) is 0 Å². The Hall–Kier alpha value is -3.26. The fourth-order valence-corrected chi connectivity index (χ4v) is 4.81. The van der Waals surface area contributed by atoms with Crippen LogP contribution in [0.3, 0.4) is 0 Å². The van der Waals surface area contributed by atoms with Gasteiger partial charge in [0.15, 0.2) is 0 Å². The highest BCUT2D eigenvalue weighted by molar-refractivity contribution is 5.45. The summed E-state index contributed by atoms with van der Waals surface area (Å²) in [6.45, 7) is 0. The smallest absolute Gasteiger partial charge is 0.0447 e. The molecule has 2 heteroatoms. The van der Waals surface area contributed by atoms with Crippen LogP contribution in [-0.4, -0.2) is 9.97 Å². The number of hydrogen-bond donors (Lipinski definition) is 0. The van der Waals surface area contributed by atoms with Gasteiger partial charge in [-0.25, -0.2) is 0 Å². The molecule has 136 valence electrons. The fourth-order valence-electron chi connectivity index (χ4n) is 4.81. The van der Waals surface area contributed by atoms with Crippen molar-refractivity contribution in [3.8, 4) is 0 Å². The van der Waals surface area contributed by atoms with Crippen LogP contribution in [0.5, 0.6) is 0 Å².